The first kappa shape index (κ1) is 22.0. The lowest BCUT2D eigenvalue weighted by atomic mass is 9.99. The Labute approximate surface area is 190 Å². The van der Waals surface area contributed by atoms with Crippen LogP contribution in [0.3, 0.4) is 0 Å². The Morgan fingerprint density at radius 2 is 1.79 bits per heavy atom. The lowest BCUT2D eigenvalue weighted by Gasteiger charge is -2.14. The van der Waals surface area contributed by atoms with Gasteiger partial charge >= 0.3 is 6.18 Å². The van der Waals surface area contributed by atoms with E-state index in [-0.39, 0.29) is 21.8 Å². The smallest absolute Gasteiger partial charge is 0.321 e. The summed E-state index contributed by atoms with van der Waals surface area (Å²) in [6.07, 6.45) is -1.32. The van der Waals surface area contributed by atoms with Gasteiger partial charge in [0.25, 0.3) is 5.91 Å². The minimum Gasteiger partial charge on any atom is -0.321 e. The molecule has 1 N–H and O–H groups in total. The van der Waals surface area contributed by atoms with Crippen LogP contribution in [0.1, 0.15) is 21.5 Å². The van der Waals surface area contributed by atoms with Crippen molar-refractivity contribution in [2.45, 2.75) is 6.18 Å². The van der Waals surface area contributed by atoms with Crippen molar-refractivity contribution in [3.8, 4) is 23.0 Å². The van der Waals surface area contributed by atoms with Crippen molar-refractivity contribution in [2.24, 2.45) is 0 Å². The molecule has 164 valence electrons. The molecule has 2 heterocycles. The van der Waals surface area contributed by atoms with Gasteiger partial charge in [-0.25, -0.2) is 4.98 Å². The van der Waals surface area contributed by atoms with Crippen LogP contribution in [-0.4, -0.2) is 25.9 Å². The summed E-state index contributed by atoms with van der Waals surface area (Å²) in [6, 6.07) is 14.6. The quantitative estimate of drug-likeness (QED) is 0.448. The van der Waals surface area contributed by atoms with Crippen molar-refractivity contribution in [2.75, 3.05) is 5.32 Å². The van der Waals surface area contributed by atoms with Crippen LogP contribution in [0.2, 0.25) is 5.02 Å². The molecule has 0 saturated heterocycles. The summed E-state index contributed by atoms with van der Waals surface area (Å²) >= 11 is 6.38. The van der Waals surface area contributed by atoms with Gasteiger partial charge in [0.2, 0.25) is 0 Å². The standard InChI is InChI=1S/C22H12ClF3N6O/c23-19-15(13-4-2-1-3-5-13)6-7-16(17(19)11-27)21(33)31-14-10-18(22(24,25)26)20(28-12-14)32-29-8-9-30-32/h1-10,12H,(H,31,33). The van der Waals surface area contributed by atoms with Crippen LogP contribution in [0.15, 0.2) is 67.1 Å². The fourth-order valence-electron chi connectivity index (χ4n) is 3.13. The number of rotatable bonds is 4. The van der Waals surface area contributed by atoms with E-state index in [1.165, 1.54) is 18.5 Å². The third-order valence-electron chi connectivity index (χ3n) is 4.62. The Kier molecular flexibility index (Phi) is 5.81. The molecule has 4 rings (SSSR count). The molecular formula is C22H12ClF3N6O. The van der Waals surface area contributed by atoms with Gasteiger partial charge in [-0.3, -0.25) is 4.79 Å². The van der Waals surface area contributed by atoms with Crippen LogP contribution in [0.5, 0.6) is 0 Å². The number of anilines is 1. The summed E-state index contributed by atoms with van der Waals surface area (Å²) < 4.78 is 40.7. The lowest BCUT2D eigenvalue weighted by molar-refractivity contribution is -0.137. The highest BCUT2D eigenvalue weighted by Gasteiger charge is 2.36. The Bertz CT molecular complexity index is 1370. The number of pyridine rings is 1. The highest BCUT2D eigenvalue weighted by Crippen LogP contribution is 2.35. The largest absolute Gasteiger partial charge is 0.420 e. The van der Waals surface area contributed by atoms with Crippen LogP contribution >= 0.6 is 11.6 Å². The highest BCUT2D eigenvalue weighted by atomic mass is 35.5. The molecule has 11 heteroatoms. The Morgan fingerprint density at radius 1 is 1.09 bits per heavy atom. The number of amides is 1. The van der Waals surface area contributed by atoms with Crippen molar-refractivity contribution >= 4 is 23.2 Å². The number of benzene rings is 2. The van der Waals surface area contributed by atoms with Crippen molar-refractivity contribution in [1.29, 1.82) is 5.26 Å². The van der Waals surface area contributed by atoms with Crippen molar-refractivity contribution in [3.05, 3.63) is 88.8 Å². The number of nitrogens with zero attached hydrogens (tertiary/aromatic N) is 5. The lowest BCUT2D eigenvalue weighted by Crippen LogP contribution is -2.18. The number of carbonyl (C=O) groups excluding carboxylic acids is 1. The third-order valence-corrected chi connectivity index (χ3v) is 5.01. The number of hydrogen-bond acceptors (Lipinski definition) is 5. The van der Waals surface area contributed by atoms with Gasteiger partial charge in [0.1, 0.15) is 11.6 Å². The molecule has 0 bridgehead atoms. The van der Waals surface area contributed by atoms with Gasteiger partial charge in [-0.2, -0.15) is 28.6 Å². The van der Waals surface area contributed by atoms with E-state index in [9.17, 15) is 23.2 Å². The zero-order valence-corrected chi connectivity index (χ0v) is 17.3. The maximum Gasteiger partial charge on any atom is 0.420 e. The summed E-state index contributed by atoms with van der Waals surface area (Å²) in [5.41, 5.74) is -0.273. The second-order valence-electron chi connectivity index (χ2n) is 6.69. The molecule has 7 nitrogen and oxygen atoms in total. The minimum atomic E-state index is -4.78. The van der Waals surface area contributed by atoms with Crippen LogP contribution in [0, 0.1) is 11.3 Å². The van der Waals surface area contributed by atoms with Crippen molar-refractivity contribution < 1.29 is 18.0 Å². The molecule has 0 unspecified atom stereocenters. The van der Waals surface area contributed by atoms with E-state index in [4.69, 9.17) is 11.6 Å². The van der Waals surface area contributed by atoms with Gasteiger partial charge in [-0.15, -0.1) is 4.80 Å². The zero-order chi connectivity index (χ0) is 23.6. The number of nitriles is 1. The summed E-state index contributed by atoms with van der Waals surface area (Å²) in [5.74, 6) is -1.36. The third kappa shape index (κ3) is 4.40. The normalized spacial score (nSPS) is 11.1. The van der Waals surface area contributed by atoms with E-state index in [0.29, 0.717) is 5.56 Å². The van der Waals surface area contributed by atoms with E-state index in [1.54, 1.807) is 30.3 Å². The average Bonchev–Trinajstić information content (AvgIpc) is 3.33. The summed E-state index contributed by atoms with van der Waals surface area (Å²) in [4.78, 5) is 17.3. The van der Waals surface area contributed by atoms with Crippen LogP contribution in [-0.2, 0) is 6.18 Å². The van der Waals surface area contributed by atoms with Gasteiger partial charge in [0, 0.05) is 5.56 Å². The molecule has 0 aliphatic rings. The first-order valence-electron chi connectivity index (χ1n) is 9.33. The molecule has 2 aromatic heterocycles. The predicted octanol–water partition coefficient (Wildman–Crippen LogP) is 5.13. The maximum absolute atomic E-state index is 13.6. The van der Waals surface area contributed by atoms with Gasteiger partial charge < -0.3 is 5.32 Å². The Morgan fingerprint density at radius 3 is 2.42 bits per heavy atom. The average molecular weight is 469 g/mol. The second kappa shape index (κ2) is 8.72. The molecule has 1 amide bonds. The second-order valence-corrected chi connectivity index (χ2v) is 7.07. The number of nitrogens with one attached hydrogen (secondary N) is 1. The number of carbonyl (C=O) groups is 1. The molecule has 0 aliphatic heterocycles. The molecule has 0 saturated carbocycles. The highest BCUT2D eigenvalue weighted by molar-refractivity contribution is 6.35. The number of hydrogen-bond donors (Lipinski definition) is 1. The monoisotopic (exact) mass is 468 g/mol. The maximum atomic E-state index is 13.6. The fourth-order valence-corrected chi connectivity index (χ4v) is 3.45. The van der Waals surface area contributed by atoms with Crippen molar-refractivity contribution in [1.82, 2.24) is 20.0 Å². The Hall–Kier alpha value is -4.23. The van der Waals surface area contributed by atoms with Crippen LogP contribution in [0.4, 0.5) is 18.9 Å². The minimum absolute atomic E-state index is 0.0607. The molecule has 4 aromatic rings. The summed E-state index contributed by atoms with van der Waals surface area (Å²) in [5, 5.41) is 19.3. The molecule has 0 spiro atoms. The fraction of sp³-hybridized carbons (Fsp3) is 0.0455. The zero-order valence-electron chi connectivity index (χ0n) is 16.5. The first-order chi connectivity index (χ1) is 15.8. The molecule has 0 atom stereocenters. The predicted molar refractivity (Wildman–Crippen MR) is 114 cm³/mol. The summed E-state index contributed by atoms with van der Waals surface area (Å²) in [7, 11) is 0. The SMILES string of the molecule is N#Cc1c(C(=O)Nc2cnc(-n3nccn3)c(C(F)(F)F)c2)ccc(-c2ccccc2)c1Cl. The molecular weight excluding hydrogens is 457 g/mol. The molecule has 2 aromatic carbocycles. The van der Waals surface area contributed by atoms with Gasteiger partial charge in [-0.05, 0) is 17.7 Å². The van der Waals surface area contributed by atoms with Crippen LogP contribution < -0.4 is 5.32 Å². The van der Waals surface area contributed by atoms with Crippen molar-refractivity contribution in [3.63, 3.8) is 0 Å². The van der Waals surface area contributed by atoms with E-state index < -0.39 is 23.5 Å². The van der Waals surface area contributed by atoms with E-state index in [1.807, 2.05) is 12.1 Å². The molecule has 33 heavy (non-hydrogen) atoms. The van der Waals surface area contributed by atoms with Crippen LogP contribution in [0.25, 0.3) is 16.9 Å². The molecule has 0 aliphatic carbocycles. The topological polar surface area (TPSA) is 96.5 Å². The van der Waals surface area contributed by atoms with Gasteiger partial charge in [0.05, 0.1) is 40.4 Å². The van der Waals surface area contributed by atoms with E-state index in [2.05, 4.69) is 20.5 Å². The molecule has 0 radical (unpaired) electrons. The number of aromatic nitrogens is 4. The molecule has 0 fully saturated rings. The number of alkyl halides is 3. The van der Waals surface area contributed by atoms with Gasteiger partial charge in [0.15, 0.2) is 5.82 Å². The summed E-state index contributed by atoms with van der Waals surface area (Å²) in [6.45, 7) is 0. The number of halogens is 4. The van der Waals surface area contributed by atoms with E-state index in [0.717, 1.165) is 22.6 Å². The van der Waals surface area contributed by atoms with E-state index >= 15 is 0 Å². The first-order valence-corrected chi connectivity index (χ1v) is 9.70. The van der Waals surface area contributed by atoms with Gasteiger partial charge in [-0.1, -0.05) is 48.0 Å². The Balaban J connectivity index is 1.69.